The Labute approximate surface area is 80.4 Å². The number of hydrogen-bond acceptors (Lipinski definition) is 3. The second kappa shape index (κ2) is 5.62. The molecule has 0 fully saturated rings. The van der Waals surface area contributed by atoms with E-state index in [2.05, 4.69) is 0 Å². The molecule has 0 saturated heterocycles. The van der Waals surface area contributed by atoms with Crippen molar-refractivity contribution in [2.24, 2.45) is 5.92 Å². The number of carbonyl (C=O) groups is 1. The summed E-state index contributed by atoms with van der Waals surface area (Å²) >= 11 is 0. The van der Waals surface area contributed by atoms with Crippen LogP contribution in [-0.4, -0.2) is 31.4 Å². The number of hydrogen-bond donors (Lipinski definition) is 0. The highest BCUT2D eigenvalue weighted by atomic mass is 16.5. The maximum absolute atomic E-state index is 11.3. The number of allylic oxidation sites excluding steroid dienone is 1. The van der Waals surface area contributed by atoms with Crippen molar-refractivity contribution in [1.29, 1.82) is 0 Å². The van der Waals surface area contributed by atoms with E-state index in [1.54, 1.807) is 11.0 Å². The lowest BCUT2D eigenvalue weighted by Gasteiger charge is -2.16. The molecule has 0 unspecified atom stereocenters. The fraction of sp³-hybridized carbons (Fsp3) is 0.700. The minimum Gasteiger partial charge on any atom is -0.479 e. The van der Waals surface area contributed by atoms with Gasteiger partial charge >= 0.3 is 0 Å². The maximum atomic E-state index is 11.3. The van der Waals surface area contributed by atoms with Crippen molar-refractivity contribution in [3.05, 3.63) is 12.0 Å². The molecule has 0 aromatic heterocycles. The lowest BCUT2D eigenvalue weighted by Crippen LogP contribution is -2.17. The molecule has 0 aliphatic rings. The molecule has 0 rings (SSSR count). The van der Waals surface area contributed by atoms with Crippen molar-refractivity contribution >= 4 is 5.78 Å². The van der Waals surface area contributed by atoms with Crippen LogP contribution >= 0.6 is 0 Å². The van der Waals surface area contributed by atoms with Gasteiger partial charge in [-0.25, -0.2) is 0 Å². The number of carbonyl (C=O) groups excluding carboxylic acids is 1. The van der Waals surface area contributed by atoms with Crippen molar-refractivity contribution in [3.8, 4) is 0 Å². The average molecular weight is 185 g/mol. The van der Waals surface area contributed by atoms with Crippen LogP contribution in [0.5, 0.6) is 0 Å². The summed E-state index contributed by atoms with van der Waals surface area (Å²) in [5.41, 5.74) is 0. The summed E-state index contributed by atoms with van der Waals surface area (Å²) in [5, 5.41) is 0. The first-order valence-corrected chi connectivity index (χ1v) is 4.54. The molecule has 0 N–H and O–H groups in total. The largest absolute Gasteiger partial charge is 0.479 e. The van der Waals surface area contributed by atoms with Gasteiger partial charge in [0.05, 0.1) is 6.61 Å². The highest BCUT2D eigenvalue weighted by molar-refractivity contribution is 5.91. The molecule has 3 nitrogen and oxygen atoms in total. The second-order valence-electron chi connectivity index (χ2n) is 3.37. The molecule has 0 saturated carbocycles. The standard InChI is InChI=1S/C10H19NO2/c1-6-13-10(11(4)5)7-9(12)8(2)3/h7-8H,6H2,1-5H3/b10-7+. The van der Waals surface area contributed by atoms with Gasteiger partial charge < -0.3 is 9.64 Å². The van der Waals surface area contributed by atoms with Crippen molar-refractivity contribution in [2.45, 2.75) is 20.8 Å². The minimum atomic E-state index is 0.0235. The molecule has 0 atom stereocenters. The fourth-order valence-corrected chi connectivity index (χ4v) is 0.736. The van der Waals surface area contributed by atoms with E-state index in [9.17, 15) is 4.79 Å². The lowest BCUT2D eigenvalue weighted by molar-refractivity contribution is -0.117. The first-order chi connectivity index (χ1) is 5.99. The molecule has 0 aliphatic carbocycles. The quantitative estimate of drug-likeness (QED) is 0.482. The van der Waals surface area contributed by atoms with Crippen LogP contribution in [0.4, 0.5) is 0 Å². The zero-order chi connectivity index (χ0) is 10.4. The van der Waals surface area contributed by atoms with Gasteiger partial charge in [-0.2, -0.15) is 0 Å². The zero-order valence-corrected chi connectivity index (χ0v) is 9.13. The summed E-state index contributed by atoms with van der Waals surface area (Å²) in [6, 6.07) is 0. The zero-order valence-electron chi connectivity index (χ0n) is 9.13. The molecule has 0 radical (unpaired) electrons. The van der Waals surface area contributed by atoms with Crippen molar-refractivity contribution in [3.63, 3.8) is 0 Å². The summed E-state index contributed by atoms with van der Waals surface area (Å²) in [5.74, 6) is 0.744. The monoisotopic (exact) mass is 185 g/mol. The smallest absolute Gasteiger partial charge is 0.192 e. The van der Waals surface area contributed by atoms with Gasteiger partial charge in [-0.3, -0.25) is 4.79 Å². The van der Waals surface area contributed by atoms with Crippen LogP contribution in [0, 0.1) is 5.92 Å². The van der Waals surface area contributed by atoms with Crippen molar-refractivity contribution in [1.82, 2.24) is 4.90 Å². The molecular weight excluding hydrogens is 166 g/mol. The second-order valence-corrected chi connectivity index (χ2v) is 3.37. The number of ether oxygens (including phenoxy) is 1. The Morgan fingerprint density at radius 2 is 2.00 bits per heavy atom. The molecule has 13 heavy (non-hydrogen) atoms. The summed E-state index contributed by atoms with van der Waals surface area (Å²) in [7, 11) is 3.71. The van der Waals surface area contributed by atoms with Crippen LogP contribution in [0.25, 0.3) is 0 Å². The molecule has 0 amide bonds. The predicted octanol–water partition coefficient (Wildman–Crippen LogP) is 1.65. The Hall–Kier alpha value is -0.990. The molecule has 0 bridgehead atoms. The van der Waals surface area contributed by atoms with Crippen LogP contribution in [0.15, 0.2) is 12.0 Å². The number of nitrogens with zero attached hydrogens (tertiary/aromatic N) is 1. The predicted molar refractivity (Wildman–Crippen MR) is 53.2 cm³/mol. The van der Waals surface area contributed by atoms with E-state index in [1.165, 1.54) is 0 Å². The first kappa shape index (κ1) is 12.0. The Balaban J connectivity index is 4.43. The highest BCUT2D eigenvalue weighted by Crippen LogP contribution is 2.04. The molecule has 0 aliphatic heterocycles. The Bertz CT molecular complexity index is 195. The molecule has 0 spiro atoms. The topological polar surface area (TPSA) is 29.5 Å². The third-order valence-electron chi connectivity index (χ3n) is 1.57. The van der Waals surface area contributed by atoms with Crippen LogP contribution in [-0.2, 0) is 9.53 Å². The van der Waals surface area contributed by atoms with Crippen LogP contribution < -0.4 is 0 Å². The summed E-state index contributed by atoms with van der Waals surface area (Å²) in [6.07, 6.45) is 1.55. The third-order valence-corrected chi connectivity index (χ3v) is 1.57. The van der Waals surface area contributed by atoms with Crippen LogP contribution in [0.1, 0.15) is 20.8 Å². The number of rotatable bonds is 5. The molecule has 0 aromatic carbocycles. The van der Waals surface area contributed by atoms with E-state index in [0.717, 1.165) is 0 Å². The van der Waals surface area contributed by atoms with E-state index in [4.69, 9.17) is 4.74 Å². The van der Waals surface area contributed by atoms with Crippen LogP contribution in [0.3, 0.4) is 0 Å². The van der Waals surface area contributed by atoms with Gasteiger partial charge in [0.2, 0.25) is 0 Å². The van der Waals surface area contributed by atoms with E-state index < -0.39 is 0 Å². The van der Waals surface area contributed by atoms with E-state index >= 15 is 0 Å². The molecule has 76 valence electrons. The summed E-state index contributed by atoms with van der Waals surface area (Å²) < 4.78 is 5.29. The lowest BCUT2D eigenvalue weighted by atomic mass is 10.1. The van der Waals surface area contributed by atoms with Gasteiger partial charge in [0.25, 0.3) is 0 Å². The van der Waals surface area contributed by atoms with E-state index in [-0.39, 0.29) is 11.7 Å². The molecule has 0 heterocycles. The normalized spacial score (nSPS) is 11.7. The molecule has 0 aromatic rings. The van der Waals surface area contributed by atoms with E-state index in [0.29, 0.717) is 12.5 Å². The van der Waals surface area contributed by atoms with Gasteiger partial charge in [0, 0.05) is 26.1 Å². The summed E-state index contributed by atoms with van der Waals surface area (Å²) in [4.78, 5) is 13.1. The van der Waals surface area contributed by atoms with Crippen molar-refractivity contribution < 1.29 is 9.53 Å². The summed E-state index contributed by atoms with van der Waals surface area (Å²) in [6.45, 7) is 6.22. The first-order valence-electron chi connectivity index (χ1n) is 4.54. The number of ketones is 1. The van der Waals surface area contributed by atoms with Crippen LogP contribution in [0.2, 0.25) is 0 Å². The fourth-order valence-electron chi connectivity index (χ4n) is 0.736. The highest BCUT2D eigenvalue weighted by Gasteiger charge is 2.08. The average Bonchev–Trinajstić information content (AvgIpc) is 2.03. The van der Waals surface area contributed by atoms with Gasteiger partial charge in [-0.15, -0.1) is 0 Å². The van der Waals surface area contributed by atoms with Crippen molar-refractivity contribution in [2.75, 3.05) is 20.7 Å². The Morgan fingerprint density at radius 3 is 2.31 bits per heavy atom. The Kier molecular flexibility index (Phi) is 5.19. The Morgan fingerprint density at radius 1 is 1.46 bits per heavy atom. The van der Waals surface area contributed by atoms with Gasteiger partial charge in [0.15, 0.2) is 11.7 Å². The molecular formula is C10H19NO2. The minimum absolute atomic E-state index is 0.0235. The third kappa shape index (κ3) is 4.55. The SMILES string of the molecule is CCO/C(=C/C(=O)C(C)C)N(C)C. The maximum Gasteiger partial charge on any atom is 0.192 e. The van der Waals surface area contributed by atoms with E-state index in [1.807, 2.05) is 34.9 Å². The van der Waals surface area contributed by atoms with Gasteiger partial charge in [-0.1, -0.05) is 13.8 Å². The van der Waals surface area contributed by atoms with Gasteiger partial charge in [-0.05, 0) is 6.92 Å². The molecule has 3 heteroatoms. The van der Waals surface area contributed by atoms with Gasteiger partial charge in [0.1, 0.15) is 0 Å².